The molecule has 0 amide bonds. The maximum absolute atomic E-state index is 13.9. The zero-order valence-electron chi connectivity index (χ0n) is 11.4. The van der Waals surface area contributed by atoms with E-state index < -0.39 is 46.9 Å². The molecule has 1 atom stereocenters. The van der Waals surface area contributed by atoms with E-state index >= 15 is 0 Å². The molecule has 1 aromatic heterocycles. The fraction of sp³-hybridized carbons (Fsp3) is 0.333. The van der Waals surface area contributed by atoms with Crippen LogP contribution in [0, 0.1) is 12.7 Å². The molecule has 0 saturated heterocycles. The lowest BCUT2D eigenvalue weighted by Gasteiger charge is -2.14. The van der Waals surface area contributed by atoms with Crippen LogP contribution in [-0.2, 0) is 17.4 Å². The van der Waals surface area contributed by atoms with Crippen molar-refractivity contribution in [3.8, 4) is 5.69 Å². The van der Waals surface area contributed by atoms with Crippen LogP contribution in [0.1, 0.15) is 11.4 Å². The van der Waals surface area contributed by atoms with Gasteiger partial charge in [-0.05, 0) is 24.2 Å². The topological polar surface area (TPSA) is 53.8 Å². The molecule has 1 aromatic carbocycles. The Kier molecular flexibility index (Phi) is 4.90. The minimum atomic E-state index is -4.81. The van der Waals surface area contributed by atoms with Crippen LogP contribution in [0.25, 0.3) is 5.69 Å². The Labute approximate surface area is 129 Å². The number of rotatable bonds is 4. The summed E-state index contributed by atoms with van der Waals surface area (Å²) in [7, 11) is 0. The Morgan fingerprint density at radius 1 is 1.30 bits per heavy atom. The molecule has 2 aromatic rings. The van der Waals surface area contributed by atoms with E-state index in [-0.39, 0.29) is 10.5 Å². The van der Waals surface area contributed by atoms with Crippen molar-refractivity contribution in [2.24, 2.45) is 0 Å². The Balaban J connectivity index is 2.45. The van der Waals surface area contributed by atoms with E-state index in [9.17, 15) is 30.9 Å². The maximum atomic E-state index is 13.9. The molecule has 0 aliphatic heterocycles. The van der Waals surface area contributed by atoms with Crippen molar-refractivity contribution in [3.05, 3.63) is 35.7 Å². The minimum absolute atomic E-state index is 0.106. The van der Waals surface area contributed by atoms with E-state index in [2.05, 4.69) is 10.1 Å². The summed E-state index contributed by atoms with van der Waals surface area (Å²) in [5.41, 5.74) is -0.322. The van der Waals surface area contributed by atoms with Gasteiger partial charge < -0.3 is 4.55 Å². The molecule has 126 valence electrons. The average molecular weight is 357 g/mol. The second kappa shape index (κ2) is 6.40. The SMILES string of the molecule is Cc1cc(F)c(-n2cnc(C(F)(F)F)n2)cc1[S+]([O-])CC(F)F. The fourth-order valence-electron chi connectivity index (χ4n) is 1.78. The standard InChI is InChI=1S/C12H9F6N3OS/c1-6-2-7(13)8(3-9(6)23(22)4-10(14)15)21-5-19-11(20-21)12(16,17)18/h2-3,5,10H,4H2,1H3. The minimum Gasteiger partial charge on any atom is -0.611 e. The predicted molar refractivity (Wildman–Crippen MR) is 68.3 cm³/mol. The van der Waals surface area contributed by atoms with Crippen LogP contribution < -0.4 is 0 Å². The van der Waals surface area contributed by atoms with Gasteiger partial charge in [0.2, 0.25) is 0 Å². The molecule has 0 fully saturated rings. The number of hydrogen-bond donors (Lipinski definition) is 0. The second-order valence-electron chi connectivity index (χ2n) is 4.48. The molecular formula is C12H9F6N3OS. The van der Waals surface area contributed by atoms with Crippen LogP contribution in [0.5, 0.6) is 0 Å². The van der Waals surface area contributed by atoms with Gasteiger partial charge in [0.25, 0.3) is 12.2 Å². The van der Waals surface area contributed by atoms with E-state index in [0.717, 1.165) is 12.1 Å². The largest absolute Gasteiger partial charge is 0.611 e. The molecule has 0 bridgehead atoms. The highest BCUT2D eigenvalue weighted by Gasteiger charge is 2.36. The number of halogens is 6. The van der Waals surface area contributed by atoms with Gasteiger partial charge in [-0.25, -0.2) is 22.8 Å². The van der Waals surface area contributed by atoms with Gasteiger partial charge in [0, 0.05) is 11.6 Å². The lowest BCUT2D eigenvalue weighted by molar-refractivity contribution is -0.144. The van der Waals surface area contributed by atoms with Crippen molar-refractivity contribution in [2.45, 2.75) is 24.4 Å². The quantitative estimate of drug-likeness (QED) is 0.624. The summed E-state index contributed by atoms with van der Waals surface area (Å²) in [5.74, 6) is -3.39. The van der Waals surface area contributed by atoms with Crippen LogP contribution in [0.3, 0.4) is 0 Å². The predicted octanol–water partition coefficient (Wildman–Crippen LogP) is 3.11. The molecule has 1 unspecified atom stereocenters. The molecule has 0 spiro atoms. The molecule has 23 heavy (non-hydrogen) atoms. The van der Waals surface area contributed by atoms with Crippen LogP contribution in [0.2, 0.25) is 0 Å². The van der Waals surface area contributed by atoms with Gasteiger partial charge in [0.15, 0.2) is 10.6 Å². The Morgan fingerprint density at radius 2 is 1.96 bits per heavy atom. The third-order valence-corrected chi connectivity index (χ3v) is 4.24. The number of aromatic nitrogens is 3. The average Bonchev–Trinajstić information content (AvgIpc) is 2.86. The smallest absolute Gasteiger partial charge is 0.453 e. The monoisotopic (exact) mass is 357 g/mol. The molecule has 0 saturated carbocycles. The van der Waals surface area contributed by atoms with Crippen molar-refractivity contribution in [2.75, 3.05) is 5.75 Å². The maximum Gasteiger partial charge on any atom is 0.453 e. The van der Waals surface area contributed by atoms with Crippen LogP contribution >= 0.6 is 0 Å². The highest BCUT2D eigenvalue weighted by molar-refractivity contribution is 7.91. The summed E-state index contributed by atoms with van der Waals surface area (Å²) >= 11 is -2.13. The van der Waals surface area contributed by atoms with E-state index in [1.165, 1.54) is 6.92 Å². The number of benzene rings is 1. The first kappa shape index (κ1) is 17.6. The zero-order valence-corrected chi connectivity index (χ0v) is 12.3. The van der Waals surface area contributed by atoms with E-state index in [0.29, 0.717) is 11.0 Å². The van der Waals surface area contributed by atoms with Gasteiger partial charge in [-0.2, -0.15) is 13.2 Å². The van der Waals surface area contributed by atoms with Crippen molar-refractivity contribution >= 4 is 11.2 Å². The summed E-state index contributed by atoms with van der Waals surface area (Å²) in [4.78, 5) is 2.91. The van der Waals surface area contributed by atoms with E-state index in [4.69, 9.17) is 0 Å². The number of hydrogen-bond acceptors (Lipinski definition) is 3. The van der Waals surface area contributed by atoms with E-state index in [1.807, 2.05) is 0 Å². The first-order valence-electron chi connectivity index (χ1n) is 6.05. The number of alkyl halides is 5. The molecule has 11 heteroatoms. The number of aryl methyl sites for hydroxylation is 1. The molecule has 1 heterocycles. The third kappa shape index (κ3) is 3.96. The second-order valence-corrected chi connectivity index (χ2v) is 5.95. The normalized spacial score (nSPS) is 13.6. The first-order valence-corrected chi connectivity index (χ1v) is 7.37. The Morgan fingerprint density at radius 3 is 2.48 bits per heavy atom. The van der Waals surface area contributed by atoms with Gasteiger partial charge >= 0.3 is 6.18 Å². The number of nitrogens with zero attached hydrogens (tertiary/aromatic N) is 3. The molecule has 0 radical (unpaired) electrons. The third-order valence-electron chi connectivity index (χ3n) is 2.76. The highest BCUT2D eigenvalue weighted by Crippen LogP contribution is 2.28. The van der Waals surface area contributed by atoms with Gasteiger partial charge in [0.1, 0.15) is 17.8 Å². The van der Waals surface area contributed by atoms with Crippen LogP contribution in [0.4, 0.5) is 26.3 Å². The van der Waals surface area contributed by atoms with Crippen LogP contribution in [0.15, 0.2) is 23.4 Å². The molecule has 0 aliphatic carbocycles. The summed E-state index contributed by atoms with van der Waals surface area (Å²) in [6, 6.07) is 1.82. The summed E-state index contributed by atoms with van der Waals surface area (Å²) in [6.07, 6.45) is -7.02. The van der Waals surface area contributed by atoms with E-state index in [1.54, 1.807) is 0 Å². The highest BCUT2D eigenvalue weighted by atomic mass is 32.2. The lowest BCUT2D eigenvalue weighted by Crippen LogP contribution is -2.16. The van der Waals surface area contributed by atoms with Crippen LogP contribution in [-0.4, -0.2) is 31.5 Å². The fourth-order valence-corrected chi connectivity index (χ4v) is 2.85. The molecule has 2 rings (SSSR count). The summed E-state index contributed by atoms with van der Waals surface area (Å²) < 4.78 is 88.3. The van der Waals surface area contributed by atoms with Gasteiger partial charge in [0.05, 0.1) is 0 Å². The Hall–Kier alpha value is -1.75. The molecule has 4 nitrogen and oxygen atoms in total. The van der Waals surface area contributed by atoms with Crippen molar-refractivity contribution in [3.63, 3.8) is 0 Å². The Bertz CT molecular complexity index is 703. The lowest BCUT2D eigenvalue weighted by atomic mass is 10.2. The molecule has 0 N–H and O–H groups in total. The van der Waals surface area contributed by atoms with Gasteiger partial charge in [-0.3, -0.25) is 0 Å². The molecular weight excluding hydrogens is 348 g/mol. The summed E-state index contributed by atoms with van der Waals surface area (Å²) in [6.45, 7) is 1.36. The zero-order chi connectivity index (χ0) is 17.4. The van der Waals surface area contributed by atoms with Crippen molar-refractivity contribution in [1.29, 1.82) is 0 Å². The van der Waals surface area contributed by atoms with Gasteiger partial charge in [-0.15, -0.1) is 5.10 Å². The van der Waals surface area contributed by atoms with Crippen molar-refractivity contribution < 1.29 is 30.9 Å². The van der Waals surface area contributed by atoms with Crippen molar-refractivity contribution in [1.82, 2.24) is 14.8 Å². The summed E-state index contributed by atoms with van der Waals surface area (Å²) in [5, 5.41) is 3.10. The molecule has 0 aliphatic rings. The first-order chi connectivity index (χ1) is 10.6. The van der Waals surface area contributed by atoms with Gasteiger partial charge in [-0.1, -0.05) is 0 Å².